The zero-order valence-corrected chi connectivity index (χ0v) is 12.3. The first-order valence-electron chi connectivity index (χ1n) is 5.98. The zero-order valence-electron chi connectivity index (χ0n) is 12.3. The van der Waals surface area contributed by atoms with Gasteiger partial charge in [-0.3, -0.25) is 0 Å². The number of alkyl halides is 9. The van der Waals surface area contributed by atoms with Crippen LogP contribution in [0, 0.1) is 0 Å². The Bertz CT molecular complexity index is 697. The highest BCUT2D eigenvalue weighted by molar-refractivity contribution is 5.94. The number of ether oxygens (including phenoxy) is 1. The van der Waals surface area contributed by atoms with E-state index in [2.05, 4.69) is 4.74 Å². The summed E-state index contributed by atoms with van der Waals surface area (Å²) in [5.74, 6) is -7.88. The maximum Gasteiger partial charge on any atom is 0.491 e. The van der Waals surface area contributed by atoms with Crippen LogP contribution in [-0.4, -0.2) is 35.4 Å². The number of carboxylic acid groups (broad SMARTS) is 1. The third-order valence-electron chi connectivity index (χ3n) is 2.29. The van der Waals surface area contributed by atoms with E-state index in [1.54, 1.807) is 0 Å². The molecule has 0 aromatic heterocycles. The van der Waals surface area contributed by atoms with E-state index in [-0.39, 0.29) is 0 Å². The average molecular weight is 415 g/mol. The van der Waals surface area contributed by atoms with Crippen molar-refractivity contribution < 1.29 is 63.7 Å². The molecule has 0 saturated carbocycles. The molecule has 0 aliphatic carbocycles. The Hall–Kier alpha value is -3.00. The molecule has 1 rings (SSSR count). The first-order valence-corrected chi connectivity index (χ1v) is 5.98. The number of para-hydroxylation sites is 1. The second-order valence-corrected chi connectivity index (χ2v) is 4.24. The molecule has 0 aliphatic rings. The number of benzene rings is 1. The number of nitrogen functional groups attached to an aromatic ring is 1. The third kappa shape index (κ3) is 7.41. The van der Waals surface area contributed by atoms with Gasteiger partial charge in [0.2, 0.25) is 0 Å². The molecule has 0 saturated heterocycles. The van der Waals surface area contributed by atoms with Crippen molar-refractivity contribution in [3.63, 3.8) is 0 Å². The van der Waals surface area contributed by atoms with E-state index in [4.69, 9.17) is 10.8 Å². The van der Waals surface area contributed by atoms with Crippen molar-refractivity contribution in [3.8, 4) is 0 Å². The Morgan fingerprint density at radius 2 is 1.26 bits per heavy atom. The summed E-state index contributed by atoms with van der Waals surface area (Å²) in [6, 6.07) is 2.76. The highest BCUT2D eigenvalue weighted by Gasteiger charge is 2.49. The van der Waals surface area contributed by atoms with Gasteiger partial charge < -0.3 is 15.6 Å². The van der Waals surface area contributed by atoms with Gasteiger partial charge in [0, 0.05) is 0 Å². The molecular formula is C12H6F9NO5. The van der Waals surface area contributed by atoms with Crippen LogP contribution in [0.1, 0.15) is 15.9 Å². The first-order chi connectivity index (χ1) is 11.9. The molecule has 0 unspecified atom stereocenters. The molecule has 27 heavy (non-hydrogen) atoms. The molecule has 1 aromatic rings. The van der Waals surface area contributed by atoms with Gasteiger partial charge in [0.05, 0.1) is 16.8 Å². The van der Waals surface area contributed by atoms with Gasteiger partial charge >= 0.3 is 36.4 Å². The maximum atomic E-state index is 12.2. The molecule has 0 amide bonds. The molecule has 0 fully saturated rings. The molecule has 0 aliphatic heterocycles. The van der Waals surface area contributed by atoms with Crippen LogP contribution >= 0.6 is 0 Å². The molecule has 15 heteroatoms. The Kier molecular flexibility index (Phi) is 7.23. The van der Waals surface area contributed by atoms with E-state index in [9.17, 15) is 53.9 Å². The monoisotopic (exact) mass is 415 g/mol. The Morgan fingerprint density at radius 3 is 1.56 bits per heavy atom. The van der Waals surface area contributed by atoms with E-state index in [0.29, 0.717) is 0 Å². The molecule has 0 atom stereocenters. The lowest BCUT2D eigenvalue weighted by atomic mass is 10.1. The smallest absolute Gasteiger partial charge is 0.478 e. The van der Waals surface area contributed by atoms with Crippen molar-refractivity contribution in [1.29, 1.82) is 0 Å². The summed E-state index contributed by atoms with van der Waals surface area (Å²) in [7, 11) is 0. The molecule has 6 nitrogen and oxygen atoms in total. The fourth-order valence-electron chi connectivity index (χ4n) is 1.20. The molecule has 0 heterocycles. The van der Waals surface area contributed by atoms with Gasteiger partial charge in [0.1, 0.15) is 0 Å². The molecule has 152 valence electrons. The van der Waals surface area contributed by atoms with Crippen LogP contribution in [-0.2, 0) is 20.5 Å². The fraction of sp³-hybridized carbons (Fsp3) is 0.250. The van der Waals surface area contributed by atoms with Crippen LogP contribution < -0.4 is 5.73 Å². The predicted octanol–water partition coefficient (Wildman–Crippen LogP) is 3.17. The number of rotatable bonds is 1. The largest absolute Gasteiger partial charge is 0.491 e. The lowest BCUT2D eigenvalue weighted by molar-refractivity contribution is -0.221. The molecule has 0 spiro atoms. The number of anilines is 1. The van der Waals surface area contributed by atoms with E-state index in [1.165, 1.54) is 0 Å². The summed E-state index contributed by atoms with van der Waals surface area (Å²) in [6.07, 6.45) is -15.9. The number of carbonyl (C=O) groups excluding carboxylic acids is 2. The minimum Gasteiger partial charge on any atom is -0.478 e. The highest BCUT2D eigenvalue weighted by atomic mass is 19.4. The van der Waals surface area contributed by atoms with Gasteiger partial charge in [-0.25, -0.2) is 14.4 Å². The lowest BCUT2D eigenvalue weighted by Crippen LogP contribution is -2.34. The standard InChI is InChI=1S/C8H6F3NO2.C4F6O3/c9-8(10,11)5-3-1-2-4(6(5)12)7(13)14;5-3(6,7)1(11)13-2(12)4(8,9)10/h1-3H,12H2,(H,13,14);. The van der Waals surface area contributed by atoms with Gasteiger partial charge in [-0.15, -0.1) is 0 Å². The highest BCUT2D eigenvalue weighted by Crippen LogP contribution is 2.34. The molecular weight excluding hydrogens is 409 g/mol. The van der Waals surface area contributed by atoms with Crippen molar-refractivity contribution in [2.75, 3.05) is 5.73 Å². The van der Waals surface area contributed by atoms with Crippen LogP contribution in [0.15, 0.2) is 18.2 Å². The minimum atomic E-state index is -5.62. The van der Waals surface area contributed by atoms with Crippen LogP contribution in [0.3, 0.4) is 0 Å². The SMILES string of the molecule is Nc1c(C(=O)O)cccc1C(F)(F)F.O=C(OC(=O)C(F)(F)F)C(F)(F)F. The topological polar surface area (TPSA) is 107 Å². The number of halogens is 9. The normalized spacial score (nSPS) is 11.9. The average Bonchev–Trinajstić information content (AvgIpc) is 2.44. The number of aromatic carboxylic acids is 1. The summed E-state index contributed by atoms with van der Waals surface area (Å²) < 4.78 is 106. The first kappa shape index (κ1) is 24.0. The number of esters is 2. The Morgan fingerprint density at radius 1 is 0.852 bits per heavy atom. The van der Waals surface area contributed by atoms with Gasteiger partial charge in [-0.1, -0.05) is 6.07 Å². The Balaban J connectivity index is 0.000000503. The number of carboxylic acids is 1. The summed E-state index contributed by atoms with van der Waals surface area (Å²) in [4.78, 5) is 29.8. The van der Waals surface area contributed by atoms with Crippen LogP contribution in [0.4, 0.5) is 45.2 Å². The van der Waals surface area contributed by atoms with Crippen molar-refractivity contribution in [3.05, 3.63) is 29.3 Å². The molecule has 0 bridgehead atoms. The van der Waals surface area contributed by atoms with Crippen molar-refractivity contribution >= 4 is 23.6 Å². The van der Waals surface area contributed by atoms with Crippen LogP contribution in [0.25, 0.3) is 0 Å². The van der Waals surface area contributed by atoms with Crippen LogP contribution in [0.5, 0.6) is 0 Å². The lowest BCUT2D eigenvalue weighted by Gasteiger charge is -2.10. The predicted molar refractivity (Wildman–Crippen MR) is 66.0 cm³/mol. The van der Waals surface area contributed by atoms with Gasteiger partial charge in [-0.05, 0) is 12.1 Å². The third-order valence-corrected chi connectivity index (χ3v) is 2.29. The van der Waals surface area contributed by atoms with E-state index in [0.717, 1.165) is 18.2 Å². The number of hydrogen-bond acceptors (Lipinski definition) is 5. The number of carbonyl (C=O) groups is 3. The minimum absolute atomic E-state index is 0.542. The quantitative estimate of drug-likeness (QED) is 0.316. The molecule has 1 aromatic carbocycles. The van der Waals surface area contributed by atoms with E-state index in [1.807, 2.05) is 0 Å². The Labute approximate surface area is 142 Å². The zero-order chi connectivity index (χ0) is 21.8. The van der Waals surface area contributed by atoms with Gasteiger partial charge in [0.25, 0.3) is 0 Å². The summed E-state index contributed by atoms with van der Waals surface area (Å²) in [5.41, 5.74) is 2.64. The van der Waals surface area contributed by atoms with Gasteiger partial charge in [0.15, 0.2) is 0 Å². The maximum absolute atomic E-state index is 12.2. The fourth-order valence-corrected chi connectivity index (χ4v) is 1.20. The van der Waals surface area contributed by atoms with Crippen molar-refractivity contribution in [1.82, 2.24) is 0 Å². The number of hydrogen-bond donors (Lipinski definition) is 2. The van der Waals surface area contributed by atoms with E-state index < -0.39 is 53.3 Å². The second-order valence-electron chi connectivity index (χ2n) is 4.24. The summed E-state index contributed by atoms with van der Waals surface area (Å²) in [6.45, 7) is 0. The van der Waals surface area contributed by atoms with Crippen molar-refractivity contribution in [2.24, 2.45) is 0 Å². The summed E-state index contributed by atoms with van der Waals surface area (Å²) >= 11 is 0. The second kappa shape index (κ2) is 8.13. The van der Waals surface area contributed by atoms with Crippen molar-refractivity contribution in [2.45, 2.75) is 18.5 Å². The summed E-state index contributed by atoms with van der Waals surface area (Å²) in [5, 5.41) is 8.51. The number of nitrogens with two attached hydrogens (primary N) is 1. The van der Waals surface area contributed by atoms with Crippen LogP contribution in [0.2, 0.25) is 0 Å². The van der Waals surface area contributed by atoms with E-state index >= 15 is 0 Å². The molecule has 3 N–H and O–H groups in total. The molecule has 0 radical (unpaired) electrons. The van der Waals surface area contributed by atoms with Gasteiger partial charge in [-0.2, -0.15) is 39.5 Å².